The summed E-state index contributed by atoms with van der Waals surface area (Å²) in [5, 5.41) is 0. The molecule has 0 atom stereocenters. The van der Waals surface area contributed by atoms with Crippen LogP contribution >= 0.6 is 0 Å². The van der Waals surface area contributed by atoms with E-state index in [2.05, 4.69) is 22.0 Å². The number of nitrogens with zero attached hydrogens (tertiary/aromatic N) is 3. The number of carbonyl (C=O) groups is 1. The number of rotatable bonds is 11. The van der Waals surface area contributed by atoms with Gasteiger partial charge in [-0.3, -0.25) is 4.79 Å². The minimum Gasteiger partial charge on any atom is -0.493 e. The Balaban J connectivity index is 1.28. The third-order valence-electron chi connectivity index (χ3n) is 7.04. The molecule has 1 aromatic heterocycles. The van der Waals surface area contributed by atoms with Gasteiger partial charge in [-0.05, 0) is 86.9 Å². The highest BCUT2D eigenvalue weighted by atomic mass is 16.5. The van der Waals surface area contributed by atoms with Gasteiger partial charge >= 0.3 is 0 Å². The summed E-state index contributed by atoms with van der Waals surface area (Å²) < 4.78 is 17.7. The second-order valence-electron chi connectivity index (χ2n) is 9.68. The SMILES string of the molecule is COc1ccc(Cc2ccnc(OCC3CCN(C(C)=O)CC3)c2)cc1OCCCN1CCCC1. The average molecular weight is 482 g/mol. The van der Waals surface area contributed by atoms with Crippen LogP contribution in [0.25, 0.3) is 0 Å². The summed E-state index contributed by atoms with van der Waals surface area (Å²) in [6.07, 6.45) is 8.19. The Hall–Kier alpha value is -2.80. The van der Waals surface area contributed by atoms with Gasteiger partial charge in [0.2, 0.25) is 11.8 Å². The molecule has 0 N–H and O–H groups in total. The molecule has 0 unspecified atom stereocenters. The Labute approximate surface area is 209 Å². The molecule has 1 aromatic carbocycles. The smallest absolute Gasteiger partial charge is 0.219 e. The van der Waals surface area contributed by atoms with Gasteiger partial charge in [-0.2, -0.15) is 0 Å². The first-order valence-electron chi connectivity index (χ1n) is 13.0. The van der Waals surface area contributed by atoms with Crippen molar-refractivity contribution in [2.45, 2.75) is 45.4 Å². The molecule has 0 bridgehead atoms. The lowest BCUT2D eigenvalue weighted by Gasteiger charge is -2.31. The molecular formula is C28H39N3O4. The summed E-state index contributed by atoms with van der Waals surface area (Å²) in [7, 11) is 1.68. The van der Waals surface area contributed by atoms with Crippen LogP contribution in [0.1, 0.15) is 50.2 Å². The minimum absolute atomic E-state index is 0.160. The zero-order valence-corrected chi connectivity index (χ0v) is 21.2. The van der Waals surface area contributed by atoms with Crippen molar-refractivity contribution in [3.8, 4) is 17.4 Å². The van der Waals surface area contributed by atoms with Crippen molar-refractivity contribution in [2.75, 3.05) is 53.0 Å². The van der Waals surface area contributed by atoms with Crippen LogP contribution in [-0.2, 0) is 11.2 Å². The number of hydrogen-bond acceptors (Lipinski definition) is 6. The van der Waals surface area contributed by atoms with Crippen LogP contribution in [0.15, 0.2) is 36.5 Å². The molecule has 2 aliphatic heterocycles. The van der Waals surface area contributed by atoms with E-state index in [0.29, 0.717) is 25.0 Å². The molecule has 2 saturated heterocycles. The first-order valence-corrected chi connectivity index (χ1v) is 13.0. The number of amides is 1. The van der Waals surface area contributed by atoms with Crippen LogP contribution < -0.4 is 14.2 Å². The largest absolute Gasteiger partial charge is 0.493 e. The van der Waals surface area contributed by atoms with E-state index < -0.39 is 0 Å². The van der Waals surface area contributed by atoms with Crippen molar-refractivity contribution in [3.63, 3.8) is 0 Å². The number of hydrogen-bond donors (Lipinski definition) is 0. The number of likely N-dealkylation sites (tertiary alicyclic amines) is 2. The van der Waals surface area contributed by atoms with E-state index in [-0.39, 0.29) is 5.91 Å². The molecule has 7 heteroatoms. The maximum Gasteiger partial charge on any atom is 0.219 e. The van der Waals surface area contributed by atoms with Crippen molar-refractivity contribution in [3.05, 3.63) is 47.7 Å². The lowest BCUT2D eigenvalue weighted by Crippen LogP contribution is -2.38. The molecule has 0 spiro atoms. The van der Waals surface area contributed by atoms with Crippen LogP contribution in [0.4, 0.5) is 0 Å². The van der Waals surface area contributed by atoms with E-state index in [0.717, 1.165) is 67.9 Å². The monoisotopic (exact) mass is 481 g/mol. The first kappa shape index (κ1) is 25.3. The van der Waals surface area contributed by atoms with Gasteiger partial charge in [0.1, 0.15) is 0 Å². The normalized spacial score (nSPS) is 16.9. The Kier molecular flexibility index (Phi) is 9.23. The molecule has 2 fully saturated rings. The fourth-order valence-corrected chi connectivity index (χ4v) is 4.91. The number of carbonyl (C=O) groups excluding carboxylic acids is 1. The Morgan fingerprint density at radius 2 is 1.77 bits per heavy atom. The lowest BCUT2D eigenvalue weighted by atomic mass is 9.98. The van der Waals surface area contributed by atoms with E-state index in [1.54, 1.807) is 14.0 Å². The molecule has 0 aliphatic carbocycles. The molecule has 190 valence electrons. The third kappa shape index (κ3) is 7.59. The van der Waals surface area contributed by atoms with Crippen LogP contribution in [0.5, 0.6) is 17.4 Å². The van der Waals surface area contributed by atoms with Gasteiger partial charge in [0.25, 0.3) is 0 Å². The molecule has 0 saturated carbocycles. The highest BCUT2D eigenvalue weighted by Crippen LogP contribution is 2.29. The highest BCUT2D eigenvalue weighted by Gasteiger charge is 2.21. The fourth-order valence-electron chi connectivity index (χ4n) is 4.91. The van der Waals surface area contributed by atoms with Gasteiger partial charge in [-0.25, -0.2) is 4.98 Å². The second kappa shape index (κ2) is 12.8. The zero-order valence-electron chi connectivity index (χ0n) is 21.2. The van der Waals surface area contributed by atoms with Crippen LogP contribution in [-0.4, -0.2) is 73.7 Å². The van der Waals surface area contributed by atoms with E-state index in [4.69, 9.17) is 14.2 Å². The van der Waals surface area contributed by atoms with Crippen molar-refractivity contribution in [1.29, 1.82) is 0 Å². The molecular weight excluding hydrogens is 442 g/mol. The van der Waals surface area contributed by atoms with Crippen molar-refractivity contribution in [2.24, 2.45) is 5.92 Å². The standard InChI is InChI=1S/C28H39N3O4/c1-22(32)31-15-9-23(10-16-31)21-35-28-20-25(8-11-29-28)18-24-6-7-26(33-2)27(19-24)34-17-5-14-30-12-3-4-13-30/h6-8,11,19-20,23H,3-5,9-10,12-18,21H2,1-2H3. The molecule has 1 amide bonds. The lowest BCUT2D eigenvalue weighted by molar-refractivity contribution is -0.130. The second-order valence-corrected chi connectivity index (χ2v) is 9.68. The quantitative estimate of drug-likeness (QED) is 0.449. The van der Waals surface area contributed by atoms with Crippen molar-refractivity contribution in [1.82, 2.24) is 14.8 Å². The molecule has 35 heavy (non-hydrogen) atoms. The summed E-state index contributed by atoms with van der Waals surface area (Å²) in [4.78, 5) is 20.3. The first-order chi connectivity index (χ1) is 17.1. The number of ether oxygens (including phenoxy) is 3. The Bertz CT molecular complexity index is 953. The molecule has 4 rings (SSSR count). The van der Waals surface area contributed by atoms with Crippen molar-refractivity contribution < 1.29 is 19.0 Å². The number of aromatic nitrogens is 1. The van der Waals surface area contributed by atoms with Crippen LogP contribution in [0.3, 0.4) is 0 Å². The van der Waals surface area contributed by atoms with E-state index in [1.165, 1.54) is 25.9 Å². The molecule has 7 nitrogen and oxygen atoms in total. The van der Waals surface area contributed by atoms with Gasteiger partial charge in [-0.1, -0.05) is 6.07 Å². The van der Waals surface area contributed by atoms with Gasteiger partial charge in [0, 0.05) is 38.8 Å². The summed E-state index contributed by atoms with van der Waals surface area (Å²) in [5.74, 6) is 2.84. The average Bonchev–Trinajstić information content (AvgIpc) is 3.40. The summed E-state index contributed by atoms with van der Waals surface area (Å²) in [6.45, 7) is 8.13. The van der Waals surface area contributed by atoms with Gasteiger partial charge < -0.3 is 24.0 Å². The molecule has 0 radical (unpaired) electrons. The number of methoxy groups -OCH3 is 1. The maximum atomic E-state index is 11.5. The summed E-state index contributed by atoms with van der Waals surface area (Å²) in [6, 6.07) is 10.2. The maximum absolute atomic E-state index is 11.5. The van der Waals surface area contributed by atoms with Crippen molar-refractivity contribution >= 4 is 5.91 Å². The highest BCUT2D eigenvalue weighted by molar-refractivity contribution is 5.73. The molecule has 2 aromatic rings. The number of benzene rings is 1. The summed E-state index contributed by atoms with van der Waals surface area (Å²) >= 11 is 0. The predicted molar refractivity (Wildman–Crippen MR) is 136 cm³/mol. The number of piperidine rings is 1. The van der Waals surface area contributed by atoms with Gasteiger partial charge in [-0.15, -0.1) is 0 Å². The van der Waals surface area contributed by atoms with Gasteiger partial charge in [0.15, 0.2) is 11.5 Å². The molecule has 3 heterocycles. The van der Waals surface area contributed by atoms with Gasteiger partial charge in [0.05, 0.1) is 20.3 Å². The minimum atomic E-state index is 0.160. The topological polar surface area (TPSA) is 64.1 Å². The van der Waals surface area contributed by atoms with E-state index >= 15 is 0 Å². The summed E-state index contributed by atoms with van der Waals surface area (Å²) in [5.41, 5.74) is 2.31. The van der Waals surface area contributed by atoms with Crippen LogP contribution in [0, 0.1) is 5.92 Å². The fraction of sp³-hybridized carbons (Fsp3) is 0.571. The predicted octanol–water partition coefficient (Wildman–Crippen LogP) is 4.18. The Morgan fingerprint density at radius 1 is 1.00 bits per heavy atom. The molecule has 2 aliphatic rings. The third-order valence-corrected chi connectivity index (χ3v) is 7.04. The Morgan fingerprint density at radius 3 is 2.51 bits per heavy atom. The van der Waals surface area contributed by atoms with E-state index in [1.807, 2.05) is 29.3 Å². The zero-order chi connectivity index (χ0) is 24.5. The van der Waals surface area contributed by atoms with Crippen LogP contribution in [0.2, 0.25) is 0 Å². The van der Waals surface area contributed by atoms with E-state index in [9.17, 15) is 4.79 Å². The number of pyridine rings is 1.